The molecule has 5 rings (SSSR count). The number of aryl methyl sites for hydroxylation is 2. The van der Waals surface area contributed by atoms with E-state index in [-0.39, 0.29) is 5.03 Å². The highest BCUT2D eigenvalue weighted by atomic mass is 32.2. The molecule has 1 aliphatic heterocycles. The summed E-state index contributed by atoms with van der Waals surface area (Å²) in [5.41, 5.74) is 4.47. The highest BCUT2D eigenvalue weighted by molar-refractivity contribution is 7.90. The van der Waals surface area contributed by atoms with E-state index in [9.17, 15) is 8.42 Å². The molecule has 1 N–H and O–H groups in total. The molecule has 0 amide bonds. The summed E-state index contributed by atoms with van der Waals surface area (Å²) in [4.78, 5) is 24.7. The summed E-state index contributed by atoms with van der Waals surface area (Å²) in [5, 5.41) is 3.33. The van der Waals surface area contributed by atoms with Gasteiger partial charge in [-0.25, -0.2) is 33.3 Å². The lowest BCUT2D eigenvalue weighted by Crippen LogP contribution is -2.34. The standard InChI is InChI=1S/C24H28N8O2S/c1-4-17-13-26-23(27-14-17)31-11-8-18(9-12-31)22-20-7-10-25-24(32(20)15-28-22)30-19-5-6-21(29-16(19)2)35(3,33)34/h5-7,10,13-15,18H,4,8-9,11-12H2,1-3H3,(H,25,30). The maximum absolute atomic E-state index is 11.8. The van der Waals surface area contributed by atoms with Crippen molar-refractivity contribution in [3.63, 3.8) is 0 Å². The Bertz CT molecular complexity index is 1460. The molecule has 0 unspecified atom stereocenters. The van der Waals surface area contributed by atoms with Gasteiger partial charge in [0.2, 0.25) is 11.9 Å². The van der Waals surface area contributed by atoms with Crippen LogP contribution in [0.1, 0.15) is 42.6 Å². The van der Waals surface area contributed by atoms with Crippen LogP contribution in [-0.2, 0) is 16.3 Å². The average molecular weight is 493 g/mol. The highest BCUT2D eigenvalue weighted by Crippen LogP contribution is 2.32. The Balaban J connectivity index is 1.34. The molecule has 0 atom stereocenters. The third kappa shape index (κ3) is 4.68. The van der Waals surface area contributed by atoms with E-state index in [2.05, 4.69) is 37.1 Å². The molecular weight excluding hydrogens is 464 g/mol. The van der Waals surface area contributed by atoms with Gasteiger partial charge in [0.05, 0.1) is 22.6 Å². The number of aromatic nitrogens is 6. The second kappa shape index (κ2) is 9.21. The first-order chi connectivity index (χ1) is 16.8. The van der Waals surface area contributed by atoms with Gasteiger partial charge in [0, 0.05) is 43.9 Å². The Kier molecular flexibility index (Phi) is 6.10. The molecule has 1 fully saturated rings. The molecule has 0 bridgehead atoms. The fraction of sp³-hybridized carbons (Fsp3) is 0.375. The van der Waals surface area contributed by atoms with Gasteiger partial charge in [0.15, 0.2) is 14.9 Å². The maximum Gasteiger partial charge on any atom is 0.225 e. The largest absolute Gasteiger partial charge is 0.341 e. The van der Waals surface area contributed by atoms with Gasteiger partial charge >= 0.3 is 0 Å². The number of nitrogens with one attached hydrogen (secondary N) is 1. The Morgan fingerprint density at radius 2 is 1.80 bits per heavy atom. The van der Waals surface area contributed by atoms with Crippen LogP contribution in [0.25, 0.3) is 5.52 Å². The number of sulfone groups is 1. The Labute approximate surface area is 204 Å². The summed E-state index contributed by atoms with van der Waals surface area (Å²) < 4.78 is 25.5. The van der Waals surface area contributed by atoms with E-state index in [0.29, 0.717) is 23.2 Å². The van der Waals surface area contributed by atoms with Crippen molar-refractivity contribution in [1.82, 2.24) is 29.3 Å². The molecule has 182 valence electrons. The minimum atomic E-state index is -3.36. The smallest absolute Gasteiger partial charge is 0.225 e. The summed E-state index contributed by atoms with van der Waals surface area (Å²) in [6.07, 6.45) is 11.4. The van der Waals surface area contributed by atoms with Gasteiger partial charge < -0.3 is 10.2 Å². The van der Waals surface area contributed by atoms with Crippen LogP contribution in [0.2, 0.25) is 0 Å². The fourth-order valence-electron chi connectivity index (χ4n) is 4.40. The summed E-state index contributed by atoms with van der Waals surface area (Å²) in [7, 11) is -3.36. The lowest BCUT2D eigenvalue weighted by atomic mass is 9.93. The fourth-order valence-corrected chi connectivity index (χ4v) is 5.02. The SMILES string of the molecule is CCc1cnc(N2CCC(c3ncn4c(Nc5ccc(S(C)(=O)=O)nc5C)nccc34)CC2)nc1. The van der Waals surface area contributed by atoms with Gasteiger partial charge in [0.1, 0.15) is 6.33 Å². The van der Waals surface area contributed by atoms with Crippen molar-refractivity contribution in [3.8, 4) is 0 Å². The third-order valence-corrected chi connectivity index (χ3v) is 7.43. The van der Waals surface area contributed by atoms with E-state index in [1.165, 1.54) is 6.07 Å². The minimum absolute atomic E-state index is 0.0506. The zero-order chi connectivity index (χ0) is 24.6. The predicted molar refractivity (Wildman–Crippen MR) is 134 cm³/mol. The Morgan fingerprint density at radius 1 is 1.06 bits per heavy atom. The topological polar surface area (TPSA) is 118 Å². The van der Waals surface area contributed by atoms with E-state index < -0.39 is 9.84 Å². The lowest BCUT2D eigenvalue weighted by molar-refractivity contribution is 0.494. The number of imidazole rings is 1. The van der Waals surface area contributed by atoms with E-state index in [1.54, 1.807) is 25.5 Å². The van der Waals surface area contributed by atoms with Crippen LogP contribution < -0.4 is 10.2 Å². The molecule has 0 radical (unpaired) electrons. The monoisotopic (exact) mass is 492 g/mol. The van der Waals surface area contributed by atoms with E-state index >= 15 is 0 Å². The number of pyridine rings is 1. The molecule has 0 aromatic carbocycles. The molecule has 1 aliphatic rings. The van der Waals surface area contributed by atoms with Crippen molar-refractivity contribution in [2.24, 2.45) is 0 Å². The van der Waals surface area contributed by atoms with Crippen LogP contribution in [0.5, 0.6) is 0 Å². The number of hydrogen-bond donors (Lipinski definition) is 1. The molecule has 0 spiro atoms. The molecule has 1 saturated heterocycles. The van der Waals surface area contributed by atoms with Crippen LogP contribution >= 0.6 is 0 Å². The van der Waals surface area contributed by atoms with Crippen LogP contribution in [0.4, 0.5) is 17.6 Å². The molecule has 11 heteroatoms. The van der Waals surface area contributed by atoms with Crippen LogP contribution in [0, 0.1) is 6.92 Å². The van der Waals surface area contributed by atoms with Gasteiger partial charge in [-0.3, -0.25) is 4.40 Å². The zero-order valence-electron chi connectivity index (χ0n) is 20.0. The minimum Gasteiger partial charge on any atom is -0.341 e. The second-order valence-corrected chi connectivity index (χ2v) is 10.8. The Morgan fingerprint density at radius 3 is 2.46 bits per heavy atom. The number of nitrogens with zero attached hydrogens (tertiary/aromatic N) is 7. The maximum atomic E-state index is 11.8. The third-order valence-electron chi connectivity index (χ3n) is 6.44. The molecule has 4 aromatic heterocycles. The van der Waals surface area contributed by atoms with Crippen molar-refractivity contribution >= 4 is 32.9 Å². The first-order valence-electron chi connectivity index (χ1n) is 11.7. The first kappa shape index (κ1) is 23.2. The van der Waals surface area contributed by atoms with Crippen molar-refractivity contribution in [2.75, 3.05) is 29.6 Å². The first-order valence-corrected chi connectivity index (χ1v) is 13.5. The molecule has 10 nitrogen and oxygen atoms in total. The Hall–Kier alpha value is -3.60. The number of rotatable bonds is 6. The van der Waals surface area contributed by atoms with Gasteiger partial charge in [0.25, 0.3) is 0 Å². The van der Waals surface area contributed by atoms with Gasteiger partial charge in [-0.05, 0) is 49.9 Å². The van der Waals surface area contributed by atoms with Crippen molar-refractivity contribution in [1.29, 1.82) is 0 Å². The summed E-state index contributed by atoms with van der Waals surface area (Å²) in [6.45, 7) is 5.62. The van der Waals surface area contributed by atoms with E-state index in [4.69, 9.17) is 4.98 Å². The summed E-state index contributed by atoms with van der Waals surface area (Å²) in [5.74, 6) is 1.72. The molecule has 4 aromatic rings. The van der Waals surface area contributed by atoms with Crippen molar-refractivity contribution in [3.05, 3.63) is 60.1 Å². The number of anilines is 3. The van der Waals surface area contributed by atoms with E-state index in [0.717, 1.165) is 61.3 Å². The number of hydrogen-bond acceptors (Lipinski definition) is 9. The van der Waals surface area contributed by atoms with Gasteiger partial charge in [-0.1, -0.05) is 6.92 Å². The molecule has 0 saturated carbocycles. The zero-order valence-corrected chi connectivity index (χ0v) is 20.8. The highest BCUT2D eigenvalue weighted by Gasteiger charge is 2.25. The van der Waals surface area contributed by atoms with E-state index in [1.807, 2.05) is 22.9 Å². The number of piperidine rings is 1. The predicted octanol–water partition coefficient (Wildman–Crippen LogP) is 3.32. The summed E-state index contributed by atoms with van der Waals surface area (Å²) >= 11 is 0. The molecule has 5 heterocycles. The quantitative estimate of drug-likeness (QED) is 0.432. The average Bonchev–Trinajstić information content (AvgIpc) is 3.30. The molecule has 35 heavy (non-hydrogen) atoms. The lowest BCUT2D eigenvalue weighted by Gasteiger charge is -2.31. The number of fused-ring (bicyclic) bond motifs is 1. The van der Waals surface area contributed by atoms with Gasteiger partial charge in [-0.2, -0.15) is 0 Å². The molecule has 0 aliphatic carbocycles. The molecular formula is C24H28N8O2S. The van der Waals surface area contributed by atoms with Crippen LogP contribution in [0.3, 0.4) is 0 Å². The van der Waals surface area contributed by atoms with Crippen molar-refractivity contribution in [2.45, 2.75) is 44.1 Å². The normalized spacial score (nSPS) is 15.0. The van der Waals surface area contributed by atoms with Gasteiger partial charge in [-0.15, -0.1) is 0 Å². The van der Waals surface area contributed by atoms with Crippen LogP contribution in [-0.4, -0.2) is 57.1 Å². The van der Waals surface area contributed by atoms with Crippen molar-refractivity contribution < 1.29 is 8.42 Å². The second-order valence-electron chi connectivity index (χ2n) is 8.84. The summed E-state index contributed by atoms with van der Waals surface area (Å²) in [6, 6.07) is 5.18. The van der Waals surface area contributed by atoms with Crippen LogP contribution in [0.15, 0.2) is 48.1 Å².